The highest BCUT2D eigenvalue weighted by Crippen LogP contribution is 2.45. The summed E-state index contributed by atoms with van der Waals surface area (Å²) < 4.78 is 0. The van der Waals surface area contributed by atoms with Crippen molar-refractivity contribution in [1.82, 2.24) is 14.7 Å². The van der Waals surface area contributed by atoms with Crippen LogP contribution in [0.15, 0.2) is 79.5 Å². The van der Waals surface area contributed by atoms with Gasteiger partial charge in [-0.15, -0.1) is 6.58 Å². The lowest BCUT2D eigenvalue weighted by Crippen LogP contribution is -2.41. The standard InChI is InChI=1S/C25H32N2.C11H19N.C2H6/c1-25(2)23-18-26(16-17-27(23)25)24(21-6-4-3-5-7-21)22-14-12-20(13-15-22)11-10-19-8-9-19;1-4-5-11-6-8-12(9-7-11)10(2)3;1-2/h3-7,12-15,19,23-24H,8-11,16-18H2,1-2H3;4,11H,1-2,5-9H2,3H3;1-2H3. The van der Waals surface area contributed by atoms with Gasteiger partial charge in [0.05, 0.1) is 6.04 Å². The maximum absolute atomic E-state index is 3.96. The van der Waals surface area contributed by atoms with E-state index in [2.05, 4.69) is 103 Å². The summed E-state index contributed by atoms with van der Waals surface area (Å²) in [5, 5.41) is 0. The molecule has 4 fully saturated rings. The van der Waals surface area contributed by atoms with Gasteiger partial charge in [0, 0.05) is 50.0 Å². The lowest BCUT2D eigenvalue weighted by Gasteiger charge is -2.35. The van der Waals surface area contributed by atoms with Crippen LogP contribution in [0.4, 0.5) is 0 Å². The third-order valence-electron chi connectivity index (χ3n) is 9.87. The number of allylic oxidation sites excluding steroid dienone is 2. The molecular weight excluding hydrogens is 498 g/mol. The van der Waals surface area contributed by atoms with Crippen molar-refractivity contribution < 1.29 is 0 Å². The first-order chi connectivity index (χ1) is 19.9. The number of aryl methyl sites for hydroxylation is 1. The molecule has 2 aromatic rings. The Hall–Kier alpha value is -2.36. The number of benzene rings is 2. The summed E-state index contributed by atoms with van der Waals surface area (Å²) in [7, 11) is 0. The summed E-state index contributed by atoms with van der Waals surface area (Å²) in [4.78, 5) is 7.75. The van der Waals surface area contributed by atoms with Gasteiger partial charge in [0.1, 0.15) is 0 Å². The van der Waals surface area contributed by atoms with Crippen molar-refractivity contribution in [3.63, 3.8) is 0 Å². The quantitative estimate of drug-likeness (QED) is 0.226. The van der Waals surface area contributed by atoms with Crippen LogP contribution in [0.5, 0.6) is 0 Å². The van der Waals surface area contributed by atoms with Crippen molar-refractivity contribution in [1.29, 1.82) is 0 Å². The highest BCUT2D eigenvalue weighted by atomic mass is 15.5. The minimum Gasteiger partial charge on any atom is -0.376 e. The van der Waals surface area contributed by atoms with E-state index in [1.807, 2.05) is 19.9 Å². The zero-order valence-electron chi connectivity index (χ0n) is 26.8. The Labute approximate surface area is 252 Å². The Morgan fingerprint density at radius 2 is 1.51 bits per heavy atom. The molecule has 224 valence electrons. The molecule has 1 aliphatic carbocycles. The highest BCUT2D eigenvalue weighted by Gasteiger charge is 2.57. The first kappa shape index (κ1) is 31.6. The zero-order chi connectivity index (χ0) is 29.4. The van der Waals surface area contributed by atoms with Crippen LogP contribution in [0.3, 0.4) is 0 Å². The molecule has 3 heteroatoms. The maximum atomic E-state index is 3.96. The second-order valence-corrected chi connectivity index (χ2v) is 13.1. The molecule has 4 aliphatic rings. The first-order valence-corrected chi connectivity index (χ1v) is 16.5. The first-order valence-electron chi connectivity index (χ1n) is 16.5. The maximum Gasteiger partial charge on any atom is 0.0602 e. The second-order valence-electron chi connectivity index (χ2n) is 13.1. The molecule has 3 atom stereocenters. The third kappa shape index (κ3) is 8.36. The topological polar surface area (TPSA) is 9.49 Å². The van der Waals surface area contributed by atoms with E-state index in [4.69, 9.17) is 0 Å². The molecule has 3 saturated heterocycles. The summed E-state index contributed by atoms with van der Waals surface area (Å²) in [6, 6.07) is 21.7. The predicted octanol–water partition coefficient (Wildman–Crippen LogP) is 8.73. The molecule has 3 nitrogen and oxygen atoms in total. The number of likely N-dealkylation sites (tertiary alicyclic amines) is 1. The van der Waals surface area contributed by atoms with Crippen LogP contribution in [0.25, 0.3) is 0 Å². The van der Waals surface area contributed by atoms with Crippen LogP contribution in [0.1, 0.15) is 95.9 Å². The van der Waals surface area contributed by atoms with Crippen molar-refractivity contribution in [3.8, 4) is 0 Å². The number of nitrogens with zero attached hydrogens (tertiary/aromatic N) is 3. The van der Waals surface area contributed by atoms with Gasteiger partial charge in [-0.2, -0.15) is 0 Å². The number of hydrogen-bond donors (Lipinski definition) is 0. The fourth-order valence-corrected chi connectivity index (χ4v) is 6.88. The van der Waals surface area contributed by atoms with Crippen molar-refractivity contribution in [2.75, 3.05) is 32.7 Å². The van der Waals surface area contributed by atoms with Crippen LogP contribution in [0.2, 0.25) is 0 Å². The molecule has 3 heterocycles. The van der Waals surface area contributed by atoms with Crippen LogP contribution < -0.4 is 0 Å². The lowest BCUT2D eigenvalue weighted by molar-refractivity contribution is 0.172. The number of piperidine rings is 1. The molecule has 3 aliphatic heterocycles. The van der Waals surface area contributed by atoms with Crippen molar-refractivity contribution >= 4 is 0 Å². The number of hydrogen-bond acceptors (Lipinski definition) is 3. The number of rotatable bonds is 9. The average molecular weight is 556 g/mol. The van der Waals surface area contributed by atoms with E-state index in [0.717, 1.165) is 24.4 Å². The molecular formula is C38H57N3. The summed E-state index contributed by atoms with van der Waals surface area (Å²) in [5.74, 6) is 1.89. The Morgan fingerprint density at radius 3 is 2.07 bits per heavy atom. The van der Waals surface area contributed by atoms with Gasteiger partial charge < -0.3 is 4.90 Å². The summed E-state index contributed by atoms with van der Waals surface area (Å²) >= 11 is 0. The molecule has 41 heavy (non-hydrogen) atoms. The van der Waals surface area contributed by atoms with Gasteiger partial charge in [-0.25, -0.2) is 0 Å². The minimum absolute atomic E-state index is 0.377. The Balaban J connectivity index is 0.000000234. The van der Waals surface area contributed by atoms with Gasteiger partial charge in [-0.1, -0.05) is 93.9 Å². The highest BCUT2D eigenvalue weighted by molar-refractivity contribution is 5.34. The minimum atomic E-state index is 0.377. The molecule has 3 unspecified atom stereocenters. The molecule has 0 bridgehead atoms. The van der Waals surface area contributed by atoms with E-state index < -0.39 is 0 Å². The molecule has 0 N–H and O–H groups in total. The van der Waals surface area contributed by atoms with Gasteiger partial charge in [0.15, 0.2) is 0 Å². The zero-order valence-corrected chi connectivity index (χ0v) is 26.8. The summed E-state index contributed by atoms with van der Waals surface area (Å²) in [5.41, 5.74) is 5.99. The van der Waals surface area contributed by atoms with E-state index in [-0.39, 0.29) is 0 Å². The fourth-order valence-electron chi connectivity index (χ4n) is 6.88. The van der Waals surface area contributed by atoms with E-state index >= 15 is 0 Å². The normalized spacial score (nSPS) is 24.1. The molecule has 0 aromatic heterocycles. The molecule has 0 spiro atoms. The molecule has 1 saturated carbocycles. The van der Waals surface area contributed by atoms with Gasteiger partial charge >= 0.3 is 0 Å². The Kier molecular flexibility index (Phi) is 11.3. The SMILES string of the molecule is C=CCC1CCN(C(=C)C)CC1.CC.CC1(C)C2CN(C(c3ccccc3)c3ccc(CCC4CC4)cc3)CCN21. The number of fused-ring (bicyclic) bond motifs is 1. The number of piperazine rings is 1. The van der Waals surface area contributed by atoms with Crippen LogP contribution in [-0.2, 0) is 6.42 Å². The third-order valence-corrected chi connectivity index (χ3v) is 9.87. The molecule has 6 rings (SSSR count). The van der Waals surface area contributed by atoms with E-state index in [0.29, 0.717) is 11.6 Å². The van der Waals surface area contributed by atoms with E-state index in [1.165, 1.54) is 93.5 Å². The van der Waals surface area contributed by atoms with Gasteiger partial charge in [0.25, 0.3) is 0 Å². The lowest BCUT2D eigenvalue weighted by atomic mass is 9.93. The van der Waals surface area contributed by atoms with E-state index in [9.17, 15) is 0 Å². The second kappa shape index (κ2) is 14.7. The Bertz CT molecular complexity index is 1080. The van der Waals surface area contributed by atoms with Crippen LogP contribution >= 0.6 is 0 Å². The summed E-state index contributed by atoms with van der Waals surface area (Å²) in [6.45, 7) is 24.5. The van der Waals surface area contributed by atoms with Crippen molar-refractivity contribution in [2.24, 2.45) is 11.8 Å². The summed E-state index contributed by atoms with van der Waals surface area (Å²) in [6.07, 6.45) is 11.4. The van der Waals surface area contributed by atoms with Crippen LogP contribution in [-0.4, -0.2) is 59.0 Å². The molecule has 0 radical (unpaired) electrons. The predicted molar refractivity (Wildman–Crippen MR) is 177 cm³/mol. The van der Waals surface area contributed by atoms with Gasteiger partial charge in [-0.05, 0) is 81.4 Å². The van der Waals surface area contributed by atoms with Gasteiger partial charge in [0.2, 0.25) is 0 Å². The van der Waals surface area contributed by atoms with Crippen LogP contribution in [0, 0.1) is 11.8 Å². The van der Waals surface area contributed by atoms with Crippen molar-refractivity contribution in [3.05, 3.63) is 96.2 Å². The monoisotopic (exact) mass is 555 g/mol. The average Bonchev–Trinajstić information content (AvgIpc) is 3.92. The Morgan fingerprint density at radius 1 is 0.878 bits per heavy atom. The van der Waals surface area contributed by atoms with Gasteiger partial charge in [-0.3, -0.25) is 9.80 Å². The smallest absolute Gasteiger partial charge is 0.0602 e. The largest absolute Gasteiger partial charge is 0.376 e. The van der Waals surface area contributed by atoms with E-state index in [1.54, 1.807) is 0 Å². The fraction of sp³-hybridized carbons (Fsp3) is 0.579. The van der Waals surface area contributed by atoms with Crippen molar-refractivity contribution in [2.45, 2.75) is 97.2 Å². The molecule has 2 aromatic carbocycles. The molecule has 0 amide bonds.